The Morgan fingerprint density at radius 1 is 0.846 bits per heavy atom. The molecule has 3 aromatic rings. The van der Waals surface area contributed by atoms with E-state index in [4.69, 9.17) is 0 Å². The second-order valence-corrected chi connectivity index (χ2v) is 11.9. The van der Waals surface area contributed by atoms with Gasteiger partial charge in [0.25, 0.3) is 0 Å². The zero-order chi connectivity index (χ0) is 28.0. The molecule has 0 heterocycles. The zero-order valence-electron chi connectivity index (χ0n) is 21.7. The van der Waals surface area contributed by atoms with Gasteiger partial charge in [-0.2, -0.15) is 0 Å². The number of benzene rings is 3. The smallest absolute Gasteiger partial charge is 0.744 e. The molecule has 12 heteroatoms. The summed E-state index contributed by atoms with van der Waals surface area (Å²) in [5, 5.41) is 11.5. The van der Waals surface area contributed by atoms with Crippen molar-refractivity contribution in [2.45, 2.75) is 9.79 Å². The standard InChI is InChI=1S/C27H26N2O7S2.Ca/c1-28(2)20-9-5-17(6-10-20)25(18-7-11-21(12-8-18)29(3)4)26-23-14-13-22(37(31,32)33)15-19(23)16-24(27(26)30)38(34,35)36;/h5-16H,1-4H3,(H2,31,32,33,34,35,36);/q;+2/p-1. The van der Waals surface area contributed by atoms with Gasteiger partial charge in [0.15, 0.2) is 5.71 Å². The van der Waals surface area contributed by atoms with Crippen molar-refractivity contribution in [2.75, 3.05) is 33.1 Å². The number of aromatic hydroxyl groups is 1. The topological polar surface area (TPSA) is 141 Å². The van der Waals surface area contributed by atoms with E-state index >= 15 is 0 Å². The van der Waals surface area contributed by atoms with Crippen molar-refractivity contribution in [3.05, 3.63) is 89.5 Å². The van der Waals surface area contributed by atoms with E-state index < -0.39 is 35.8 Å². The van der Waals surface area contributed by atoms with Crippen LogP contribution in [0.25, 0.3) is 16.3 Å². The molecule has 9 nitrogen and oxygen atoms in total. The van der Waals surface area contributed by atoms with Gasteiger partial charge in [-0.3, -0.25) is 0 Å². The predicted octanol–water partition coefficient (Wildman–Crippen LogP) is 2.68. The van der Waals surface area contributed by atoms with E-state index in [-0.39, 0.29) is 54.1 Å². The number of nitrogens with zero attached hydrogens (tertiary/aromatic N) is 2. The van der Waals surface area contributed by atoms with Gasteiger partial charge in [-0.25, -0.2) is 21.4 Å². The molecular formula is C27H25CaN2O7S2+. The van der Waals surface area contributed by atoms with Crippen molar-refractivity contribution < 1.29 is 35.6 Å². The summed E-state index contributed by atoms with van der Waals surface area (Å²) in [4.78, 5) is 0.383. The molecule has 0 fully saturated rings. The van der Waals surface area contributed by atoms with Crippen molar-refractivity contribution >= 4 is 85.7 Å². The molecule has 0 aromatic heterocycles. The number of anilines is 1. The number of phenolic OH excluding ortho intramolecular Hbond substituents is 1. The van der Waals surface area contributed by atoms with Crippen LogP contribution in [0.2, 0.25) is 0 Å². The first-order valence-electron chi connectivity index (χ1n) is 11.3. The van der Waals surface area contributed by atoms with Crippen LogP contribution in [0.3, 0.4) is 0 Å². The Morgan fingerprint density at radius 3 is 1.92 bits per heavy atom. The number of hydrogen-bond donors (Lipinski definition) is 1. The van der Waals surface area contributed by atoms with E-state index in [0.29, 0.717) is 16.7 Å². The van der Waals surface area contributed by atoms with Gasteiger partial charge in [0, 0.05) is 43.1 Å². The van der Waals surface area contributed by atoms with Crippen LogP contribution in [-0.4, -0.2) is 107 Å². The number of phenols is 1. The maximum atomic E-state index is 12.2. The molecule has 198 valence electrons. The molecule has 0 unspecified atom stereocenters. The summed E-state index contributed by atoms with van der Waals surface area (Å²) in [6, 6.07) is 11.6. The number of fused-ring (bicyclic) bond motifs is 1. The first kappa shape index (κ1) is 31.0. The third-order valence-electron chi connectivity index (χ3n) is 6.20. The SMILES string of the molecule is CN(C)c1ccc(C(=C2C=CC(=[N+](C)C)C=C2)c2c(O)c(S(=O)(=O)[O-])cc3cc(S(=O)(=O)[O-])ccc23)cc1.[Ca+2]. The molecule has 0 amide bonds. The summed E-state index contributed by atoms with van der Waals surface area (Å²) in [7, 11) is -2.54. The Kier molecular flexibility index (Phi) is 9.18. The van der Waals surface area contributed by atoms with E-state index in [1.165, 1.54) is 6.07 Å². The van der Waals surface area contributed by atoms with Gasteiger partial charge in [0.2, 0.25) is 0 Å². The molecule has 0 spiro atoms. The summed E-state index contributed by atoms with van der Waals surface area (Å²) in [6.45, 7) is 0. The molecule has 1 N–H and O–H groups in total. The maximum absolute atomic E-state index is 12.2. The van der Waals surface area contributed by atoms with Gasteiger partial charge < -0.3 is 19.1 Å². The van der Waals surface area contributed by atoms with Gasteiger partial charge >= 0.3 is 37.7 Å². The Balaban J connectivity index is 0.00000420. The summed E-state index contributed by atoms with van der Waals surface area (Å²) >= 11 is 0. The van der Waals surface area contributed by atoms with Gasteiger partial charge in [0.05, 0.1) is 9.79 Å². The minimum Gasteiger partial charge on any atom is -0.744 e. The Hall–Kier alpha value is -2.51. The van der Waals surface area contributed by atoms with E-state index in [1.807, 2.05) is 62.0 Å². The van der Waals surface area contributed by atoms with Crippen LogP contribution in [0, 0.1) is 0 Å². The number of hydrogen-bond acceptors (Lipinski definition) is 8. The fourth-order valence-corrected chi connectivity index (χ4v) is 5.37. The minimum absolute atomic E-state index is 0. The molecule has 0 atom stereocenters. The van der Waals surface area contributed by atoms with Gasteiger partial charge in [-0.1, -0.05) is 18.2 Å². The first-order valence-corrected chi connectivity index (χ1v) is 14.1. The molecule has 3 aromatic carbocycles. The molecule has 39 heavy (non-hydrogen) atoms. The summed E-state index contributed by atoms with van der Waals surface area (Å²) in [5.41, 5.74) is 3.42. The number of rotatable bonds is 5. The average Bonchev–Trinajstić information content (AvgIpc) is 2.84. The van der Waals surface area contributed by atoms with Crippen molar-refractivity contribution in [1.82, 2.24) is 0 Å². The Labute approximate surface area is 257 Å². The van der Waals surface area contributed by atoms with Crippen LogP contribution in [0.1, 0.15) is 11.1 Å². The second-order valence-electron chi connectivity index (χ2n) is 9.15. The van der Waals surface area contributed by atoms with Gasteiger partial charge in [-0.15, -0.1) is 0 Å². The fourth-order valence-electron chi connectivity index (χ4n) is 4.26. The quantitative estimate of drug-likeness (QED) is 0.271. The van der Waals surface area contributed by atoms with Crippen molar-refractivity contribution in [2.24, 2.45) is 0 Å². The third-order valence-corrected chi connectivity index (χ3v) is 7.88. The second kappa shape index (κ2) is 11.5. The fraction of sp³-hybridized carbons (Fsp3) is 0.148. The van der Waals surface area contributed by atoms with E-state index in [9.17, 15) is 31.0 Å². The molecule has 0 saturated carbocycles. The van der Waals surface area contributed by atoms with Crippen LogP contribution < -0.4 is 4.90 Å². The first-order chi connectivity index (χ1) is 17.7. The molecule has 0 saturated heterocycles. The van der Waals surface area contributed by atoms with Crippen molar-refractivity contribution in [3.63, 3.8) is 0 Å². The van der Waals surface area contributed by atoms with E-state index in [2.05, 4.69) is 0 Å². The van der Waals surface area contributed by atoms with Crippen LogP contribution in [0.5, 0.6) is 5.75 Å². The Bertz CT molecular complexity index is 1780. The molecule has 0 radical (unpaired) electrons. The normalized spacial score (nSPS) is 13.4. The van der Waals surface area contributed by atoms with E-state index in [0.717, 1.165) is 29.6 Å². The zero-order valence-corrected chi connectivity index (χ0v) is 25.6. The summed E-state index contributed by atoms with van der Waals surface area (Å²) < 4.78 is 73.3. The minimum atomic E-state index is -5.18. The monoisotopic (exact) mass is 593 g/mol. The molecule has 4 rings (SSSR count). The van der Waals surface area contributed by atoms with Gasteiger partial charge in [0.1, 0.15) is 40.1 Å². The maximum Gasteiger partial charge on any atom is 2.00 e. The average molecular weight is 594 g/mol. The molecule has 1 aliphatic carbocycles. The summed E-state index contributed by atoms with van der Waals surface area (Å²) in [6.07, 6.45) is 7.29. The molecule has 0 aliphatic heterocycles. The van der Waals surface area contributed by atoms with Crippen LogP contribution in [0.4, 0.5) is 5.69 Å². The van der Waals surface area contributed by atoms with Gasteiger partial charge in [-0.05, 0) is 64.4 Å². The molecule has 0 bridgehead atoms. The predicted molar refractivity (Wildman–Crippen MR) is 149 cm³/mol. The van der Waals surface area contributed by atoms with Crippen molar-refractivity contribution in [3.8, 4) is 5.75 Å². The van der Waals surface area contributed by atoms with Crippen molar-refractivity contribution in [1.29, 1.82) is 0 Å². The Morgan fingerprint density at radius 2 is 1.44 bits per heavy atom. The molecule has 1 aliphatic rings. The van der Waals surface area contributed by atoms with Crippen LogP contribution in [0.15, 0.2) is 88.2 Å². The van der Waals surface area contributed by atoms with E-state index in [1.54, 1.807) is 24.3 Å². The van der Waals surface area contributed by atoms with Crippen LogP contribution in [-0.2, 0) is 20.2 Å². The molecular weight excluding hydrogens is 569 g/mol. The largest absolute Gasteiger partial charge is 2.00 e. The van der Waals surface area contributed by atoms with Crippen LogP contribution >= 0.6 is 0 Å². The third kappa shape index (κ3) is 6.46. The number of allylic oxidation sites excluding steroid dienone is 5. The summed E-state index contributed by atoms with van der Waals surface area (Å²) in [5.74, 6) is -0.770.